The van der Waals surface area contributed by atoms with Gasteiger partial charge < -0.3 is 0 Å². The molecule has 24 heavy (non-hydrogen) atoms. The maximum Gasteiger partial charge on any atom is -0.0322 e. The number of rotatable bonds is 19. The van der Waals surface area contributed by atoms with E-state index in [1.165, 1.54) is 116 Å². The standard InChI is InChI=1S/C24H48/c1-4-7-9-10-11-12-13-14-15-16-17-18-19-20-23-24(21-6-3)22-8-5-2/h19-20,24H,4-18,21-23H2,1-3H3. The van der Waals surface area contributed by atoms with Gasteiger partial charge in [-0.25, -0.2) is 0 Å². The largest absolute Gasteiger partial charge is 0.0885 e. The predicted molar refractivity (Wildman–Crippen MR) is 113 cm³/mol. The van der Waals surface area contributed by atoms with E-state index in [0.29, 0.717) is 0 Å². The Morgan fingerprint density at radius 2 is 1.04 bits per heavy atom. The molecule has 0 nitrogen and oxygen atoms in total. The summed E-state index contributed by atoms with van der Waals surface area (Å²) in [5.74, 6) is 0.948. The molecule has 0 aliphatic rings. The molecular weight excluding hydrogens is 288 g/mol. The molecule has 0 aromatic carbocycles. The number of hydrogen-bond acceptors (Lipinski definition) is 0. The normalized spacial score (nSPS) is 13.0. The molecule has 0 radical (unpaired) electrons. The van der Waals surface area contributed by atoms with E-state index in [1.807, 2.05) is 0 Å². The summed E-state index contributed by atoms with van der Waals surface area (Å²) in [5, 5.41) is 0. The third kappa shape index (κ3) is 18.1. The van der Waals surface area contributed by atoms with E-state index in [1.54, 1.807) is 0 Å². The average molecular weight is 337 g/mol. The number of allylic oxidation sites excluding steroid dienone is 2. The van der Waals surface area contributed by atoms with Crippen LogP contribution in [0.4, 0.5) is 0 Å². The zero-order valence-corrected chi connectivity index (χ0v) is 17.5. The summed E-state index contributed by atoms with van der Waals surface area (Å²) in [5.41, 5.74) is 0. The lowest BCUT2D eigenvalue weighted by molar-refractivity contribution is 0.433. The fourth-order valence-corrected chi connectivity index (χ4v) is 3.61. The maximum atomic E-state index is 2.48. The molecule has 0 rings (SSSR count). The van der Waals surface area contributed by atoms with Crippen molar-refractivity contribution in [2.45, 2.75) is 136 Å². The minimum absolute atomic E-state index is 0.948. The first-order valence-electron chi connectivity index (χ1n) is 11.5. The SMILES string of the molecule is CCCCCCCCCCCCCC=CCC(CCC)CCCC. The van der Waals surface area contributed by atoms with Crippen molar-refractivity contribution in [1.29, 1.82) is 0 Å². The molecule has 0 amide bonds. The molecule has 1 atom stereocenters. The van der Waals surface area contributed by atoms with Gasteiger partial charge in [-0.2, -0.15) is 0 Å². The molecule has 0 heteroatoms. The van der Waals surface area contributed by atoms with Gasteiger partial charge in [0.15, 0.2) is 0 Å². The first-order chi connectivity index (χ1) is 11.8. The van der Waals surface area contributed by atoms with Gasteiger partial charge in [0.1, 0.15) is 0 Å². The van der Waals surface area contributed by atoms with Crippen LogP contribution in [0.2, 0.25) is 0 Å². The first-order valence-corrected chi connectivity index (χ1v) is 11.5. The van der Waals surface area contributed by atoms with Crippen LogP contribution in [0.3, 0.4) is 0 Å². The quantitative estimate of drug-likeness (QED) is 0.163. The fourth-order valence-electron chi connectivity index (χ4n) is 3.61. The lowest BCUT2D eigenvalue weighted by Gasteiger charge is -2.12. The Balaban J connectivity index is 3.33. The minimum atomic E-state index is 0.948. The van der Waals surface area contributed by atoms with Crippen LogP contribution in [0.1, 0.15) is 136 Å². The Kier molecular flexibility index (Phi) is 20.6. The summed E-state index contributed by atoms with van der Waals surface area (Å²) in [4.78, 5) is 0. The lowest BCUT2D eigenvalue weighted by Crippen LogP contribution is -1.98. The summed E-state index contributed by atoms with van der Waals surface area (Å²) in [6.45, 7) is 6.93. The van der Waals surface area contributed by atoms with Crippen molar-refractivity contribution in [3.8, 4) is 0 Å². The van der Waals surface area contributed by atoms with Crippen LogP contribution in [0.15, 0.2) is 12.2 Å². The summed E-state index contributed by atoms with van der Waals surface area (Å²) in [6.07, 6.45) is 30.5. The van der Waals surface area contributed by atoms with Gasteiger partial charge in [-0.3, -0.25) is 0 Å². The summed E-state index contributed by atoms with van der Waals surface area (Å²) in [7, 11) is 0. The van der Waals surface area contributed by atoms with Crippen molar-refractivity contribution in [3.63, 3.8) is 0 Å². The molecule has 0 aliphatic heterocycles. The third-order valence-electron chi connectivity index (χ3n) is 5.27. The third-order valence-corrected chi connectivity index (χ3v) is 5.27. The highest BCUT2D eigenvalue weighted by Gasteiger charge is 2.04. The Hall–Kier alpha value is -0.260. The molecule has 0 heterocycles. The van der Waals surface area contributed by atoms with Gasteiger partial charge in [0.2, 0.25) is 0 Å². The van der Waals surface area contributed by atoms with Crippen LogP contribution in [0.25, 0.3) is 0 Å². The fraction of sp³-hybridized carbons (Fsp3) is 0.917. The molecule has 1 unspecified atom stereocenters. The molecule has 0 aliphatic carbocycles. The average Bonchev–Trinajstić information content (AvgIpc) is 2.59. The van der Waals surface area contributed by atoms with E-state index in [2.05, 4.69) is 32.9 Å². The van der Waals surface area contributed by atoms with Crippen molar-refractivity contribution in [2.24, 2.45) is 5.92 Å². The van der Waals surface area contributed by atoms with Crippen molar-refractivity contribution < 1.29 is 0 Å². The highest BCUT2D eigenvalue weighted by molar-refractivity contribution is 4.84. The van der Waals surface area contributed by atoms with Crippen LogP contribution in [-0.4, -0.2) is 0 Å². The highest BCUT2D eigenvalue weighted by Crippen LogP contribution is 2.19. The molecular formula is C24H48. The van der Waals surface area contributed by atoms with Gasteiger partial charge in [0.25, 0.3) is 0 Å². The summed E-state index contributed by atoms with van der Waals surface area (Å²) >= 11 is 0. The van der Waals surface area contributed by atoms with Crippen LogP contribution in [0, 0.1) is 5.92 Å². The summed E-state index contributed by atoms with van der Waals surface area (Å²) in [6, 6.07) is 0. The van der Waals surface area contributed by atoms with Crippen LogP contribution >= 0.6 is 0 Å². The van der Waals surface area contributed by atoms with E-state index >= 15 is 0 Å². The zero-order valence-electron chi connectivity index (χ0n) is 17.5. The van der Waals surface area contributed by atoms with E-state index in [0.717, 1.165) is 5.92 Å². The molecule has 0 N–H and O–H groups in total. The molecule has 0 saturated carbocycles. The zero-order chi connectivity index (χ0) is 17.7. The van der Waals surface area contributed by atoms with Gasteiger partial charge in [-0.15, -0.1) is 0 Å². The second-order valence-electron chi connectivity index (χ2n) is 7.83. The highest BCUT2D eigenvalue weighted by atomic mass is 14.1. The molecule has 144 valence electrons. The van der Waals surface area contributed by atoms with E-state index in [9.17, 15) is 0 Å². The first kappa shape index (κ1) is 23.7. The number of hydrogen-bond donors (Lipinski definition) is 0. The van der Waals surface area contributed by atoms with Crippen LogP contribution in [-0.2, 0) is 0 Å². The molecule has 0 bridgehead atoms. The van der Waals surface area contributed by atoms with Crippen molar-refractivity contribution >= 4 is 0 Å². The molecule has 0 aromatic heterocycles. The van der Waals surface area contributed by atoms with Crippen LogP contribution < -0.4 is 0 Å². The van der Waals surface area contributed by atoms with E-state index < -0.39 is 0 Å². The Morgan fingerprint density at radius 1 is 0.500 bits per heavy atom. The van der Waals surface area contributed by atoms with Crippen molar-refractivity contribution in [3.05, 3.63) is 12.2 Å². The molecule has 0 saturated heterocycles. The van der Waals surface area contributed by atoms with Crippen molar-refractivity contribution in [1.82, 2.24) is 0 Å². The topological polar surface area (TPSA) is 0 Å². The maximum absolute atomic E-state index is 2.48. The Labute approximate surface area is 154 Å². The Morgan fingerprint density at radius 3 is 1.58 bits per heavy atom. The Bertz CT molecular complexity index is 240. The van der Waals surface area contributed by atoms with E-state index in [-0.39, 0.29) is 0 Å². The molecule has 0 spiro atoms. The van der Waals surface area contributed by atoms with Gasteiger partial charge in [0.05, 0.1) is 0 Å². The smallest absolute Gasteiger partial charge is 0.0322 e. The van der Waals surface area contributed by atoms with Gasteiger partial charge in [0, 0.05) is 0 Å². The van der Waals surface area contributed by atoms with Crippen LogP contribution in [0.5, 0.6) is 0 Å². The van der Waals surface area contributed by atoms with Gasteiger partial charge >= 0.3 is 0 Å². The van der Waals surface area contributed by atoms with E-state index in [4.69, 9.17) is 0 Å². The molecule has 0 aromatic rings. The summed E-state index contributed by atoms with van der Waals surface area (Å²) < 4.78 is 0. The van der Waals surface area contributed by atoms with Gasteiger partial charge in [-0.05, 0) is 25.2 Å². The predicted octanol–water partition coefficient (Wildman–Crippen LogP) is 9.24. The number of unbranched alkanes of at least 4 members (excludes halogenated alkanes) is 12. The second kappa shape index (κ2) is 20.8. The monoisotopic (exact) mass is 336 g/mol. The van der Waals surface area contributed by atoms with Gasteiger partial charge in [-0.1, -0.05) is 129 Å². The minimum Gasteiger partial charge on any atom is -0.0885 e. The lowest BCUT2D eigenvalue weighted by atomic mass is 9.93. The van der Waals surface area contributed by atoms with Crippen molar-refractivity contribution in [2.75, 3.05) is 0 Å². The molecule has 0 fully saturated rings. The second-order valence-corrected chi connectivity index (χ2v) is 7.83.